The number of hydrogen-bond acceptors (Lipinski definition) is 2. The van der Waals surface area contributed by atoms with Gasteiger partial charge in [0.15, 0.2) is 0 Å². The smallest absolute Gasteiger partial charge is 0.237 e. The van der Waals surface area contributed by atoms with E-state index < -0.39 is 0 Å². The summed E-state index contributed by atoms with van der Waals surface area (Å²) >= 11 is 0. The summed E-state index contributed by atoms with van der Waals surface area (Å²) < 4.78 is 0. The lowest BCUT2D eigenvalue weighted by Gasteiger charge is -2.22. The lowest BCUT2D eigenvalue weighted by Crippen LogP contribution is -2.42. The van der Waals surface area contributed by atoms with Crippen molar-refractivity contribution >= 4 is 5.91 Å². The molecule has 0 aromatic rings. The lowest BCUT2D eigenvalue weighted by atomic mass is 10.2. The second kappa shape index (κ2) is 4.13. The van der Waals surface area contributed by atoms with Gasteiger partial charge in [-0.3, -0.25) is 9.69 Å². The van der Waals surface area contributed by atoms with Gasteiger partial charge < -0.3 is 5.32 Å². The molecule has 0 spiro atoms. The number of amides is 1. The van der Waals surface area contributed by atoms with E-state index in [1.807, 2.05) is 11.8 Å². The summed E-state index contributed by atoms with van der Waals surface area (Å²) in [6.45, 7) is 4.13. The van der Waals surface area contributed by atoms with Crippen molar-refractivity contribution in [1.82, 2.24) is 10.2 Å². The van der Waals surface area contributed by atoms with E-state index in [0.29, 0.717) is 6.54 Å². The van der Waals surface area contributed by atoms with Crippen LogP contribution < -0.4 is 5.32 Å². The molecule has 3 heteroatoms. The second-order valence-electron chi connectivity index (χ2n) is 3.00. The van der Waals surface area contributed by atoms with E-state index in [1.165, 1.54) is 0 Å². The molecule has 1 aliphatic heterocycles. The molecular weight excluding hydrogens is 152 g/mol. The van der Waals surface area contributed by atoms with E-state index in [1.54, 1.807) is 0 Å². The summed E-state index contributed by atoms with van der Waals surface area (Å²) in [7, 11) is 0. The van der Waals surface area contributed by atoms with Crippen molar-refractivity contribution in [3.8, 4) is 12.3 Å². The van der Waals surface area contributed by atoms with Crippen molar-refractivity contribution in [3.05, 3.63) is 0 Å². The molecule has 1 heterocycles. The largest absolute Gasteiger partial charge is 0.355 e. The van der Waals surface area contributed by atoms with Crippen LogP contribution in [0.2, 0.25) is 0 Å². The number of rotatable bonds is 1. The van der Waals surface area contributed by atoms with E-state index in [2.05, 4.69) is 11.2 Å². The minimum absolute atomic E-state index is 0.0800. The van der Waals surface area contributed by atoms with Gasteiger partial charge in [-0.2, -0.15) is 0 Å². The zero-order valence-electron chi connectivity index (χ0n) is 7.34. The Balaban J connectivity index is 2.59. The maximum Gasteiger partial charge on any atom is 0.237 e. The number of carbonyl (C=O) groups is 1. The molecule has 0 aromatic carbocycles. The SMILES string of the molecule is C#CCN1CCCNC(=O)C1C. The molecule has 66 valence electrons. The fourth-order valence-electron chi connectivity index (χ4n) is 1.33. The Morgan fingerprint density at radius 3 is 3.25 bits per heavy atom. The molecule has 0 aromatic heterocycles. The van der Waals surface area contributed by atoms with Crippen LogP contribution in [0.1, 0.15) is 13.3 Å². The second-order valence-corrected chi connectivity index (χ2v) is 3.00. The number of nitrogens with zero attached hydrogens (tertiary/aromatic N) is 1. The summed E-state index contributed by atoms with van der Waals surface area (Å²) in [5.74, 6) is 2.65. The van der Waals surface area contributed by atoms with Crippen molar-refractivity contribution in [2.75, 3.05) is 19.6 Å². The van der Waals surface area contributed by atoms with Crippen molar-refractivity contribution in [1.29, 1.82) is 0 Å². The summed E-state index contributed by atoms with van der Waals surface area (Å²) in [5.41, 5.74) is 0. The molecule has 0 radical (unpaired) electrons. The van der Waals surface area contributed by atoms with Crippen LogP contribution in [0.25, 0.3) is 0 Å². The first-order valence-corrected chi connectivity index (χ1v) is 4.21. The van der Waals surface area contributed by atoms with Crippen LogP contribution in [0.5, 0.6) is 0 Å². The third-order valence-electron chi connectivity index (χ3n) is 2.14. The van der Waals surface area contributed by atoms with E-state index in [-0.39, 0.29) is 11.9 Å². The monoisotopic (exact) mass is 166 g/mol. The molecule has 1 atom stereocenters. The Bertz CT molecular complexity index is 207. The highest BCUT2D eigenvalue weighted by atomic mass is 16.2. The molecular formula is C9H14N2O. The first kappa shape index (κ1) is 9.08. The van der Waals surface area contributed by atoms with Gasteiger partial charge in [0, 0.05) is 13.1 Å². The van der Waals surface area contributed by atoms with Crippen molar-refractivity contribution in [2.45, 2.75) is 19.4 Å². The van der Waals surface area contributed by atoms with Gasteiger partial charge in [-0.1, -0.05) is 5.92 Å². The lowest BCUT2D eigenvalue weighted by molar-refractivity contribution is -0.124. The van der Waals surface area contributed by atoms with Crippen molar-refractivity contribution < 1.29 is 4.79 Å². The first-order valence-electron chi connectivity index (χ1n) is 4.21. The number of terminal acetylenes is 1. The van der Waals surface area contributed by atoms with Gasteiger partial charge >= 0.3 is 0 Å². The third kappa shape index (κ3) is 1.99. The van der Waals surface area contributed by atoms with Gasteiger partial charge in [-0.05, 0) is 13.3 Å². The summed E-state index contributed by atoms with van der Waals surface area (Å²) in [6, 6.07) is -0.0800. The first-order chi connectivity index (χ1) is 5.75. The van der Waals surface area contributed by atoms with Crippen LogP contribution in [-0.4, -0.2) is 36.5 Å². The molecule has 1 rings (SSSR count). The van der Waals surface area contributed by atoms with Gasteiger partial charge in [0.1, 0.15) is 0 Å². The molecule has 1 amide bonds. The summed E-state index contributed by atoms with van der Waals surface area (Å²) in [4.78, 5) is 13.3. The molecule has 3 nitrogen and oxygen atoms in total. The fraction of sp³-hybridized carbons (Fsp3) is 0.667. The molecule has 12 heavy (non-hydrogen) atoms. The average Bonchev–Trinajstić information content (AvgIpc) is 2.20. The van der Waals surface area contributed by atoms with E-state index >= 15 is 0 Å². The van der Waals surface area contributed by atoms with Crippen LogP contribution in [0.3, 0.4) is 0 Å². The molecule has 0 aliphatic carbocycles. The molecule has 1 saturated heterocycles. The Morgan fingerprint density at radius 1 is 1.83 bits per heavy atom. The van der Waals surface area contributed by atoms with Gasteiger partial charge in [0.05, 0.1) is 12.6 Å². The molecule has 1 fully saturated rings. The van der Waals surface area contributed by atoms with E-state index in [4.69, 9.17) is 6.42 Å². The highest BCUT2D eigenvalue weighted by Crippen LogP contribution is 2.03. The maximum absolute atomic E-state index is 11.3. The Hall–Kier alpha value is -1.01. The Labute approximate surface area is 73.1 Å². The molecule has 0 bridgehead atoms. The third-order valence-corrected chi connectivity index (χ3v) is 2.14. The average molecular weight is 166 g/mol. The highest BCUT2D eigenvalue weighted by molar-refractivity contribution is 5.81. The number of nitrogens with one attached hydrogen (secondary N) is 1. The fourth-order valence-corrected chi connectivity index (χ4v) is 1.33. The van der Waals surface area contributed by atoms with Crippen LogP contribution in [0.15, 0.2) is 0 Å². The molecule has 1 unspecified atom stereocenters. The topological polar surface area (TPSA) is 32.3 Å². The normalized spacial score (nSPS) is 25.7. The standard InChI is InChI=1S/C9H14N2O/c1-3-6-11-7-4-5-10-9(12)8(11)2/h1,8H,4-7H2,2H3,(H,10,12). The molecule has 1 aliphatic rings. The van der Waals surface area contributed by atoms with Gasteiger partial charge in [-0.25, -0.2) is 0 Å². The zero-order valence-corrected chi connectivity index (χ0v) is 7.34. The van der Waals surface area contributed by atoms with E-state index in [0.717, 1.165) is 19.5 Å². The highest BCUT2D eigenvalue weighted by Gasteiger charge is 2.22. The predicted octanol–water partition coefficient (Wildman–Crippen LogP) is -0.170. The van der Waals surface area contributed by atoms with Gasteiger partial charge in [0.2, 0.25) is 5.91 Å². The molecule has 0 saturated carbocycles. The van der Waals surface area contributed by atoms with Crippen LogP contribution in [0.4, 0.5) is 0 Å². The number of hydrogen-bond donors (Lipinski definition) is 1. The quantitative estimate of drug-likeness (QED) is 0.548. The summed E-state index contributed by atoms with van der Waals surface area (Å²) in [6.07, 6.45) is 6.18. The maximum atomic E-state index is 11.3. The molecule has 1 N–H and O–H groups in total. The van der Waals surface area contributed by atoms with Crippen LogP contribution in [-0.2, 0) is 4.79 Å². The minimum Gasteiger partial charge on any atom is -0.355 e. The Kier molecular flexibility index (Phi) is 3.12. The van der Waals surface area contributed by atoms with Crippen molar-refractivity contribution in [2.24, 2.45) is 0 Å². The van der Waals surface area contributed by atoms with Crippen LogP contribution >= 0.6 is 0 Å². The van der Waals surface area contributed by atoms with Crippen molar-refractivity contribution in [3.63, 3.8) is 0 Å². The predicted molar refractivity (Wildman–Crippen MR) is 47.5 cm³/mol. The number of carbonyl (C=O) groups excluding carboxylic acids is 1. The van der Waals surface area contributed by atoms with Gasteiger partial charge in [0.25, 0.3) is 0 Å². The van der Waals surface area contributed by atoms with E-state index in [9.17, 15) is 4.79 Å². The minimum atomic E-state index is -0.0800. The summed E-state index contributed by atoms with van der Waals surface area (Å²) in [5, 5.41) is 2.83. The van der Waals surface area contributed by atoms with Crippen LogP contribution in [0, 0.1) is 12.3 Å². The van der Waals surface area contributed by atoms with Gasteiger partial charge in [-0.15, -0.1) is 6.42 Å². The Morgan fingerprint density at radius 2 is 2.58 bits per heavy atom. The zero-order chi connectivity index (χ0) is 8.97.